The predicted octanol–water partition coefficient (Wildman–Crippen LogP) is 7.28. The molecule has 0 saturated carbocycles. The molecule has 4 aromatic rings. The molecule has 0 unspecified atom stereocenters. The Hall–Kier alpha value is -4.22. The van der Waals surface area contributed by atoms with Crippen LogP contribution in [0, 0.1) is 27.7 Å². The van der Waals surface area contributed by atoms with Crippen LogP contribution in [0.3, 0.4) is 0 Å². The molecule has 38 heavy (non-hydrogen) atoms. The zero-order valence-corrected chi connectivity index (χ0v) is 23.0. The van der Waals surface area contributed by atoms with Crippen LogP contribution in [0.4, 0.5) is 34.6 Å². The Morgan fingerprint density at radius 1 is 0.737 bits per heavy atom. The molecule has 0 aliphatic rings. The van der Waals surface area contributed by atoms with E-state index in [9.17, 15) is 13.0 Å². The number of aryl methyl sites for hydroxylation is 4. The van der Waals surface area contributed by atoms with Crippen molar-refractivity contribution in [2.75, 3.05) is 10.6 Å². The largest absolute Gasteiger partial charge is 0.324 e. The summed E-state index contributed by atoms with van der Waals surface area (Å²) < 4.78 is 33.0. The number of hydrogen-bond donors (Lipinski definition) is 3. The van der Waals surface area contributed by atoms with Gasteiger partial charge < -0.3 is 10.6 Å². The summed E-state index contributed by atoms with van der Waals surface area (Å²) in [4.78, 5) is 12.9. The van der Waals surface area contributed by atoms with Gasteiger partial charge in [-0.15, -0.1) is 5.11 Å². The van der Waals surface area contributed by atoms with Crippen LogP contribution in [-0.2, 0) is 10.1 Å². The highest BCUT2D eigenvalue weighted by atomic mass is 32.2. The number of hydrogen-bond acceptors (Lipinski definition) is 9. The van der Waals surface area contributed by atoms with Gasteiger partial charge in [0.05, 0.1) is 5.69 Å². The lowest BCUT2D eigenvalue weighted by Gasteiger charge is -2.12. The van der Waals surface area contributed by atoms with Crippen molar-refractivity contribution in [3.63, 3.8) is 0 Å². The first-order valence-electron chi connectivity index (χ1n) is 12.0. The minimum Gasteiger partial charge on any atom is -0.324 e. The first-order chi connectivity index (χ1) is 18.1. The van der Waals surface area contributed by atoms with Crippen molar-refractivity contribution in [1.29, 1.82) is 0 Å². The van der Waals surface area contributed by atoms with E-state index in [2.05, 4.69) is 35.8 Å². The van der Waals surface area contributed by atoms with Crippen molar-refractivity contribution in [1.82, 2.24) is 15.0 Å². The molecule has 0 spiro atoms. The number of rotatable bonds is 7. The van der Waals surface area contributed by atoms with Crippen molar-refractivity contribution in [2.24, 2.45) is 10.2 Å². The van der Waals surface area contributed by atoms with Crippen LogP contribution in [0.15, 0.2) is 75.8 Å². The van der Waals surface area contributed by atoms with Gasteiger partial charge in [0.15, 0.2) is 0 Å². The van der Waals surface area contributed by atoms with Crippen molar-refractivity contribution >= 4 is 44.8 Å². The lowest BCUT2D eigenvalue weighted by Crippen LogP contribution is -2.06. The van der Waals surface area contributed by atoms with Crippen LogP contribution in [-0.4, -0.2) is 27.9 Å². The summed E-state index contributed by atoms with van der Waals surface area (Å²) in [6.45, 7) is 11.3. The Morgan fingerprint density at radius 2 is 1.37 bits per heavy atom. The summed E-state index contributed by atoms with van der Waals surface area (Å²) in [6, 6.07) is 17.9. The fraction of sp³-hybridized carbons (Fsp3) is 0.222. The predicted molar refractivity (Wildman–Crippen MR) is 150 cm³/mol. The smallest absolute Gasteiger partial charge is 0.296 e. The van der Waals surface area contributed by atoms with Crippen molar-refractivity contribution in [3.05, 3.63) is 83.2 Å². The van der Waals surface area contributed by atoms with Gasteiger partial charge in [-0.25, -0.2) is 0 Å². The number of aromatic nitrogens is 3. The molecule has 3 N–H and O–H groups in total. The Kier molecular flexibility index (Phi) is 9.21. The molecular formula is C27H31N7O3S. The van der Waals surface area contributed by atoms with E-state index in [1.165, 1.54) is 12.1 Å². The van der Waals surface area contributed by atoms with Crippen LogP contribution in [0.5, 0.6) is 0 Å². The highest BCUT2D eigenvalue weighted by molar-refractivity contribution is 7.86. The maximum atomic E-state index is 11.7. The fourth-order valence-electron chi connectivity index (χ4n) is 3.43. The van der Waals surface area contributed by atoms with Crippen LogP contribution >= 0.6 is 0 Å². The molecule has 10 nitrogen and oxygen atoms in total. The van der Waals surface area contributed by atoms with Gasteiger partial charge in [0.25, 0.3) is 10.1 Å². The minimum absolute atomic E-state index is 0.0569. The molecule has 4 rings (SSSR count). The number of nitrogens with one attached hydrogen (secondary N) is 2. The van der Waals surface area contributed by atoms with E-state index in [0.29, 0.717) is 29.0 Å². The maximum absolute atomic E-state index is 11.7. The molecule has 198 valence electrons. The number of nitrogens with zero attached hydrogens (tertiary/aromatic N) is 5. The Bertz CT molecular complexity index is 1560. The van der Waals surface area contributed by atoms with E-state index in [1.54, 1.807) is 19.9 Å². The van der Waals surface area contributed by atoms with E-state index < -0.39 is 10.1 Å². The SMILES string of the molecule is CC.Cc1ccc(N=Nc2cc(C)c(Nc3nc(C)nc(Nc4ccccc4)n3)cc2C)c(S(=O)(=O)O)c1. The van der Waals surface area contributed by atoms with E-state index >= 15 is 0 Å². The van der Waals surface area contributed by atoms with Crippen molar-refractivity contribution in [3.8, 4) is 0 Å². The first kappa shape index (κ1) is 28.4. The molecule has 3 aromatic carbocycles. The summed E-state index contributed by atoms with van der Waals surface area (Å²) in [5.74, 6) is 1.36. The monoisotopic (exact) mass is 533 g/mol. The molecule has 0 atom stereocenters. The lowest BCUT2D eigenvalue weighted by atomic mass is 10.1. The second-order valence-corrected chi connectivity index (χ2v) is 9.64. The van der Waals surface area contributed by atoms with Crippen LogP contribution < -0.4 is 10.6 Å². The molecule has 0 radical (unpaired) electrons. The van der Waals surface area contributed by atoms with E-state index in [1.807, 2.05) is 70.2 Å². The van der Waals surface area contributed by atoms with Crippen LogP contribution in [0.25, 0.3) is 0 Å². The van der Waals surface area contributed by atoms with Crippen molar-refractivity contribution in [2.45, 2.75) is 46.4 Å². The van der Waals surface area contributed by atoms with Crippen LogP contribution in [0.1, 0.15) is 36.4 Å². The Balaban J connectivity index is 0.00000195. The van der Waals surface area contributed by atoms with Gasteiger partial charge in [-0.1, -0.05) is 38.1 Å². The average Bonchev–Trinajstić information content (AvgIpc) is 2.87. The third-order valence-electron chi connectivity index (χ3n) is 5.23. The maximum Gasteiger partial charge on any atom is 0.296 e. The van der Waals surface area contributed by atoms with E-state index in [4.69, 9.17) is 0 Å². The molecule has 1 aromatic heterocycles. The van der Waals surface area contributed by atoms with Gasteiger partial charge in [-0.05, 0) is 80.8 Å². The topological polar surface area (TPSA) is 142 Å². The summed E-state index contributed by atoms with van der Waals surface area (Å²) in [5.41, 5.74) is 4.57. The van der Waals surface area contributed by atoms with Gasteiger partial charge >= 0.3 is 0 Å². The number of benzene rings is 3. The van der Waals surface area contributed by atoms with Gasteiger partial charge in [-0.2, -0.15) is 28.5 Å². The molecule has 11 heteroatoms. The number of para-hydroxylation sites is 1. The summed E-state index contributed by atoms with van der Waals surface area (Å²) in [6.07, 6.45) is 0. The molecular weight excluding hydrogens is 502 g/mol. The quantitative estimate of drug-likeness (QED) is 0.166. The zero-order chi connectivity index (χ0) is 27.9. The van der Waals surface area contributed by atoms with Gasteiger partial charge in [0.1, 0.15) is 16.4 Å². The zero-order valence-electron chi connectivity index (χ0n) is 22.2. The van der Waals surface area contributed by atoms with Gasteiger partial charge in [0.2, 0.25) is 11.9 Å². The van der Waals surface area contributed by atoms with Gasteiger partial charge in [0, 0.05) is 11.4 Å². The van der Waals surface area contributed by atoms with E-state index in [0.717, 1.165) is 22.5 Å². The molecule has 0 saturated heterocycles. The molecule has 1 heterocycles. The van der Waals surface area contributed by atoms with Gasteiger partial charge in [-0.3, -0.25) is 4.55 Å². The molecule has 0 fully saturated rings. The third-order valence-corrected chi connectivity index (χ3v) is 6.11. The first-order valence-corrected chi connectivity index (χ1v) is 13.5. The van der Waals surface area contributed by atoms with Crippen LogP contribution in [0.2, 0.25) is 0 Å². The second-order valence-electron chi connectivity index (χ2n) is 8.25. The lowest BCUT2D eigenvalue weighted by molar-refractivity contribution is 0.483. The molecule has 0 bridgehead atoms. The summed E-state index contributed by atoms with van der Waals surface area (Å²) in [7, 11) is -4.43. The summed E-state index contributed by atoms with van der Waals surface area (Å²) in [5, 5.41) is 14.7. The average molecular weight is 534 g/mol. The second kappa shape index (κ2) is 12.3. The highest BCUT2D eigenvalue weighted by Gasteiger charge is 2.16. The summed E-state index contributed by atoms with van der Waals surface area (Å²) >= 11 is 0. The molecule has 0 aliphatic heterocycles. The molecule has 0 amide bonds. The third kappa shape index (κ3) is 7.40. The minimum atomic E-state index is -4.43. The number of azo groups is 1. The number of anilines is 4. The molecule has 0 aliphatic carbocycles. The normalized spacial score (nSPS) is 11.1. The Morgan fingerprint density at radius 3 is 2.03 bits per heavy atom. The standard InChI is InChI=1S/C25H25N7O3S.C2H6/c1-15-10-11-20(23(12-15)36(33,34)35)31-32-22-14-16(2)21(13-17(22)3)29-25-27-18(4)26-24(30-25)28-19-8-6-5-7-9-19;1-2/h5-14H,1-4H3,(H,33,34,35)(H2,26,27,28,29,30);1-2H3. The highest BCUT2D eigenvalue weighted by Crippen LogP contribution is 2.31. The Labute approximate surface area is 223 Å². The van der Waals surface area contributed by atoms with E-state index in [-0.39, 0.29) is 10.6 Å². The fourth-order valence-corrected chi connectivity index (χ4v) is 4.13. The van der Waals surface area contributed by atoms with Crippen molar-refractivity contribution < 1.29 is 13.0 Å².